The fourth-order valence-electron chi connectivity index (χ4n) is 1.77. The number of nitrogens with zero attached hydrogens (tertiary/aromatic N) is 3. The molecule has 0 aliphatic carbocycles. The highest BCUT2D eigenvalue weighted by Gasteiger charge is 2.08. The highest BCUT2D eigenvalue weighted by Crippen LogP contribution is 2.00. The number of anilines is 1. The third-order valence-corrected chi connectivity index (χ3v) is 2.74. The van der Waals surface area contributed by atoms with Crippen LogP contribution in [0.5, 0.6) is 0 Å². The van der Waals surface area contributed by atoms with Gasteiger partial charge in [0.2, 0.25) is 0 Å². The van der Waals surface area contributed by atoms with Gasteiger partial charge in [-0.05, 0) is 19.1 Å². The van der Waals surface area contributed by atoms with E-state index in [1.165, 1.54) is 0 Å². The summed E-state index contributed by atoms with van der Waals surface area (Å²) >= 11 is 0. The number of aromatic nitrogens is 2. The summed E-state index contributed by atoms with van der Waals surface area (Å²) in [6, 6.07) is 3.94. The minimum atomic E-state index is 0.862. The number of piperazine rings is 1. The first-order valence-corrected chi connectivity index (χ1v) is 5.82. The molecular weight excluding hydrogens is 202 g/mol. The van der Waals surface area contributed by atoms with E-state index in [0.29, 0.717) is 0 Å². The van der Waals surface area contributed by atoms with Gasteiger partial charge in [-0.25, -0.2) is 0 Å². The Hall–Kier alpha value is -1.20. The SMILES string of the molecule is Cc1ccc(NCCN2CCNCC2)nn1. The Morgan fingerprint density at radius 1 is 1.31 bits per heavy atom. The Labute approximate surface area is 96.2 Å². The van der Waals surface area contributed by atoms with Crippen molar-refractivity contribution in [3.05, 3.63) is 17.8 Å². The molecule has 2 N–H and O–H groups in total. The van der Waals surface area contributed by atoms with Gasteiger partial charge in [0.05, 0.1) is 5.69 Å². The summed E-state index contributed by atoms with van der Waals surface area (Å²) in [4.78, 5) is 2.45. The predicted octanol–water partition coefficient (Wildman–Crippen LogP) is 0.102. The lowest BCUT2D eigenvalue weighted by atomic mass is 10.3. The zero-order valence-corrected chi connectivity index (χ0v) is 9.74. The molecule has 0 spiro atoms. The zero-order chi connectivity index (χ0) is 11.2. The quantitative estimate of drug-likeness (QED) is 0.755. The van der Waals surface area contributed by atoms with E-state index < -0.39 is 0 Å². The second-order valence-corrected chi connectivity index (χ2v) is 4.08. The Morgan fingerprint density at radius 3 is 2.81 bits per heavy atom. The third kappa shape index (κ3) is 3.43. The van der Waals surface area contributed by atoms with Crippen LogP contribution in [0.25, 0.3) is 0 Å². The molecule has 5 heteroatoms. The largest absolute Gasteiger partial charge is 0.367 e. The minimum Gasteiger partial charge on any atom is -0.367 e. The van der Waals surface area contributed by atoms with E-state index in [-0.39, 0.29) is 0 Å². The van der Waals surface area contributed by atoms with Gasteiger partial charge in [-0.2, -0.15) is 5.10 Å². The summed E-state index contributed by atoms with van der Waals surface area (Å²) in [6.07, 6.45) is 0. The molecule has 0 aromatic carbocycles. The molecule has 1 aromatic rings. The summed E-state index contributed by atoms with van der Waals surface area (Å²) in [5.41, 5.74) is 0.952. The Bertz CT molecular complexity index is 305. The van der Waals surface area contributed by atoms with Crippen LogP contribution in [0.15, 0.2) is 12.1 Å². The van der Waals surface area contributed by atoms with Gasteiger partial charge in [0, 0.05) is 39.3 Å². The lowest BCUT2D eigenvalue weighted by molar-refractivity contribution is 0.249. The van der Waals surface area contributed by atoms with E-state index >= 15 is 0 Å². The van der Waals surface area contributed by atoms with Crippen LogP contribution in [0.3, 0.4) is 0 Å². The zero-order valence-electron chi connectivity index (χ0n) is 9.74. The molecule has 0 radical (unpaired) electrons. The molecule has 0 amide bonds. The summed E-state index contributed by atoms with van der Waals surface area (Å²) in [6.45, 7) is 8.42. The molecule has 0 unspecified atom stereocenters. The summed E-state index contributed by atoms with van der Waals surface area (Å²) in [5, 5.41) is 14.7. The molecule has 2 heterocycles. The third-order valence-electron chi connectivity index (χ3n) is 2.74. The average molecular weight is 221 g/mol. The molecule has 1 saturated heterocycles. The minimum absolute atomic E-state index is 0.862. The molecule has 1 aliphatic heterocycles. The summed E-state index contributed by atoms with van der Waals surface area (Å²) in [5.74, 6) is 0.862. The van der Waals surface area contributed by atoms with Crippen LogP contribution in [-0.2, 0) is 0 Å². The van der Waals surface area contributed by atoms with Crippen molar-refractivity contribution < 1.29 is 0 Å². The highest BCUT2D eigenvalue weighted by atomic mass is 15.2. The van der Waals surface area contributed by atoms with E-state index in [2.05, 4.69) is 25.7 Å². The van der Waals surface area contributed by atoms with Crippen molar-refractivity contribution in [1.82, 2.24) is 20.4 Å². The van der Waals surface area contributed by atoms with Crippen molar-refractivity contribution in [2.24, 2.45) is 0 Å². The van der Waals surface area contributed by atoms with Crippen LogP contribution in [0, 0.1) is 6.92 Å². The molecule has 1 fully saturated rings. The van der Waals surface area contributed by atoms with Gasteiger partial charge in [-0.15, -0.1) is 5.10 Å². The Kier molecular flexibility index (Phi) is 4.07. The highest BCUT2D eigenvalue weighted by molar-refractivity contribution is 5.32. The molecule has 16 heavy (non-hydrogen) atoms. The number of aryl methyl sites for hydroxylation is 1. The van der Waals surface area contributed by atoms with Gasteiger partial charge in [0.1, 0.15) is 5.82 Å². The van der Waals surface area contributed by atoms with Crippen molar-refractivity contribution in [2.75, 3.05) is 44.6 Å². The van der Waals surface area contributed by atoms with E-state index in [0.717, 1.165) is 50.8 Å². The summed E-state index contributed by atoms with van der Waals surface area (Å²) < 4.78 is 0. The Morgan fingerprint density at radius 2 is 2.12 bits per heavy atom. The lowest BCUT2D eigenvalue weighted by Gasteiger charge is -2.27. The molecule has 1 aromatic heterocycles. The van der Waals surface area contributed by atoms with Crippen LogP contribution in [0.4, 0.5) is 5.82 Å². The maximum Gasteiger partial charge on any atom is 0.148 e. The first kappa shape index (κ1) is 11.3. The van der Waals surface area contributed by atoms with Crippen LogP contribution >= 0.6 is 0 Å². The van der Waals surface area contributed by atoms with E-state index in [9.17, 15) is 0 Å². The molecule has 1 aliphatic rings. The van der Waals surface area contributed by atoms with Gasteiger partial charge in [0.25, 0.3) is 0 Å². The van der Waals surface area contributed by atoms with Crippen LogP contribution in [-0.4, -0.2) is 54.4 Å². The van der Waals surface area contributed by atoms with E-state index in [4.69, 9.17) is 0 Å². The smallest absolute Gasteiger partial charge is 0.148 e. The fraction of sp³-hybridized carbons (Fsp3) is 0.636. The van der Waals surface area contributed by atoms with Crippen molar-refractivity contribution >= 4 is 5.82 Å². The maximum absolute atomic E-state index is 4.07. The van der Waals surface area contributed by atoms with Crippen LogP contribution in [0.2, 0.25) is 0 Å². The van der Waals surface area contributed by atoms with Crippen LogP contribution < -0.4 is 10.6 Å². The molecule has 0 bridgehead atoms. The van der Waals surface area contributed by atoms with Crippen molar-refractivity contribution in [1.29, 1.82) is 0 Å². The van der Waals surface area contributed by atoms with Crippen molar-refractivity contribution in [3.63, 3.8) is 0 Å². The van der Waals surface area contributed by atoms with E-state index in [1.807, 2.05) is 19.1 Å². The monoisotopic (exact) mass is 221 g/mol. The van der Waals surface area contributed by atoms with Crippen molar-refractivity contribution in [2.45, 2.75) is 6.92 Å². The number of nitrogens with one attached hydrogen (secondary N) is 2. The maximum atomic E-state index is 4.07. The molecule has 2 rings (SSSR count). The number of hydrogen-bond acceptors (Lipinski definition) is 5. The van der Waals surface area contributed by atoms with Gasteiger partial charge in [0.15, 0.2) is 0 Å². The summed E-state index contributed by atoms with van der Waals surface area (Å²) in [7, 11) is 0. The standard InChI is InChI=1S/C11H19N5/c1-10-2-3-11(15-14-10)13-6-9-16-7-4-12-5-8-16/h2-3,12H,4-9H2,1H3,(H,13,15). The van der Waals surface area contributed by atoms with Crippen molar-refractivity contribution in [3.8, 4) is 0 Å². The van der Waals surface area contributed by atoms with Gasteiger partial charge >= 0.3 is 0 Å². The lowest BCUT2D eigenvalue weighted by Crippen LogP contribution is -2.45. The second-order valence-electron chi connectivity index (χ2n) is 4.08. The van der Waals surface area contributed by atoms with Gasteiger partial charge in [-0.3, -0.25) is 4.90 Å². The molecule has 0 saturated carbocycles. The van der Waals surface area contributed by atoms with Gasteiger partial charge in [-0.1, -0.05) is 0 Å². The average Bonchev–Trinajstić information content (AvgIpc) is 2.33. The van der Waals surface area contributed by atoms with E-state index in [1.54, 1.807) is 0 Å². The first-order valence-electron chi connectivity index (χ1n) is 5.82. The molecule has 88 valence electrons. The topological polar surface area (TPSA) is 53.1 Å². The van der Waals surface area contributed by atoms with Crippen LogP contribution in [0.1, 0.15) is 5.69 Å². The normalized spacial score (nSPS) is 17.3. The first-order chi connectivity index (χ1) is 7.84. The Balaban J connectivity index is 1.69. The predicted molar refractivity (Wildman–Crippen MR) is 64.6 cm³/mol. The molecular formula is C11H19N5. The molecule has 5 nitrogen and oxygen atoms in total. The second kappa shape index (κ2) is 5.77. The fourth-order valence-corrected chi connectivity index (χ4v) is 1.77. The number of hydrogen-bond donors (Lipinski definition) is 2. The number of rotatable bonds is 4. The van der Waals surface area contributed by atoms with Gasteiger partial charge < -0.3 is 10.6 Å². The molecule has 0 atom stereocenters.